The number of rotatable bonds is 4. The van der Waals surface area contributed by atoms with Crippen molar-refractivity contribution in [2.75, 3.05) is 0 Å². The highest BCUT2D eigenvalue weighted by Gasteiger charge is 2.39. The number of aromatic nitrogens is 3. The lowest BCUT2D eigenvalue weighted by Gasteiger charge is -2.23. The average molecular weight is 476 g/mol. The molecule has 2 aromatic heterocycles. The Morgan fingerprint density at radius 1 is 1.30 bits per heavy atom. The van der Waals surface area contributed by atoms with Crippen LogP contribution < -0.4 is 4.74 Å². The molecule has 33 heavy (non-hydrogen) atoms. The molecular weight excluding hydrogens is 459 g/mol. The van der Waals surface area contributed by atoms with Crippen LogP contribution in [-0.2, 0) is 13.1 Å². The van der Waals surface area contributed by atoms with E-state index in [9.17, 15) is 23.2 Å². The molecule has 0 fully saturated rings. The Labute approximate surface area is 192 Å². The normalized spacial score (nSPS) is 14.0. The smallest absolute Gasteiger partial charge is 0.425 e. The number of ether oxygens (including phenoxy) is 1. The van der Waals surface area contributed by atoms with Gasteiger partial charge >= 0.3 is 6.18 Å². The molecule has 3 heterocycles. The highest BCUT2D eigenvalue weighted by atomic mass is 35.5. The van der Waals surface area contributed by atoms with Gasteiger partial charge in [0.1, 0.15) is 17.4 Å². The number of aryl methyl sites for hydroxylation is 1. The van der Waals surface area contributed by atoms with Crippen molar-refractivity contribution in [2.24, 2.45) is 0 Å². The molecule has 11 heteroatoms. The van der Waals surface area contributed by atoms with Crippen LogP contribution in [0.4, 0.5) is 13.2 Å². The summed E-state index contributed by atoms with van der Waals surface area (Å²) in [5.41, 5.74) is 2.00. The average Bonchev–Trinajstić information content (AvgIpc) is 3.32. The van der Waals surface area contributed by atoms with Crippen molar-refractivity contribution in [3.63, 3.8) is 0 Å². The molecule has 0 unspecified atom stereocenters. The Kier molecular flexibility index (Phi) is 5.76. The first-order chi connectivity index (χ1) is 15.6. The largest absolute Gasteiger partial charge is 0.480 e. The van der Waals surface area contributed by atoms with E-state index in [0.717, 1.165) is 24.1 Å². The zero-order chi connectivity index (χ0) is 23.9. The summed E-state index contributed by atoms with van der Waals surface area (Å²) in [4.78, 5) is 19.0. The summed E-state index contributed by atoms with van der Waals surface area (Å²) in [5, 5.41) is 13.5. The van der Waals surface area contributed by atoms with Gasteiger partial charge in [-0.05, 0) is 37.6 Å². The molecule has 0 spiro atoms. The summed E-state index contributed by atoms with van der Waals surface area (Å²) in [6, 6.07) is 7.92. The Balaban J connectivity index is 1.63. The number of halogens is 4. The summed E-state index contributed by atoms with van der Waals surface area (Å²) in [7, 11) is 0. The van der Waals surface area contributed by atoms with E-state index in [0.29, 0.717) is 11.5 Å². The molecule has 1 amide bonds. The summed E-state index contributed by atoms with van der Waals surface area (Å²) in [6.07, 6.45) is -3.40. The second kappa shape index (κ2) is 8.41. The highest BCUT2D eigenvalue weighted by Crippen LogP contribution is 2.36. The molecule has 0 bridgehead atoms. The highest BCUT2D eigenvalue weighted by molar-refractivity contribution is 6.35. The van der Waals surface area contributed by atoms with Crippen LogP contribution in [0.15, 0.2) is 36.7 Å². The molecule has 1 atom stereocenters. The lowest BCUT2D eigenvalue weighted by molar-refractivity contribution is -0.189. The Morgan fingerprint density at radius 2 is 2.06 bits per heavy atom. The lowest BCUT2D eigenvalue weighted by atomic mass is 10.1. The van der Waals surface area contributed by atoms with Crippen LogP contribution in [0.5, 0.6) is 5.75 Å². The monoisotopic (exact) mass is 475 g/mol. The zero-order valence-corrected chi connectivity index (χ0v) is 18.3. The van der Waals surface area contributed by atoms with Crippen LogP contribution in [0.3, 0.4) is 0 Å². The van der Waals surface area contributed by atoms with Gasteiger partial charge in [-0.3, -0.25) is 4.79 Å². The third-order valence-corrected chi connectivity index (χ3v) is 5.66. The molecule has 7 nitrogen and oxygen atoms in total. The van der Waals surface area contributed by atoms with E-state index >= 15 is 0 Å². The molecule has 0 N–H and O–H groups in total. The minimum Gasteiger partial charge on any atom is -0.480 e. The molecule has 0 aliphatic carbocycles. The minimum absolute atomic E-state index is 0.0419. The van der Waals surface area contributed by atoms with E-state index in [1.165, 1.54) is 11.0 Å². The fourth-order valence-corrected chi connectivity index (χ4v) is 3.76. The van der Waals surface area contributed by atoms with Crippen molar-refractivity contribution >= 4 is 17.5 Å². The third-order valence-electron chi connectivity index (χ3n) is 5.27. The van der Waals surface area contributed by atoms with Gasteiger partial charge in [0.2, 0.25) is 0 Å². The topological polar surface area (TPSA) is 84.0 Å². The summed E-state index contributed by atoms with van der Waals surface area (Å²) in [5.74, 6) is -0.334. The van der Waals surface area contributed by atoms with E-state index in [4.69, 9.17) is 16.3 Å². The number of amides is 1. The fourth-order valence-electron chi connectivity index (χ4n) is 3.48. The number of alkyl halides is 3. The van der Waals surface area contributed by atoms with Crippen molar-refractivity contribution in [1.29, 1.82) is 5.26 Å². The van der Waals surface area contributed by atoms with Crippen LogP contribution in [-0.4, -0.2) is 37.9 Å². The fraction of sp³-hybridized carbons (Fsp3) is 0.273. The lowest BCUT2D eigenvalue weighted by Crippen LogP contribution is -2.33. The van der Waals surface area contributed by atoms with E-state index < -0.39 is 18.2 Å². The van der Waals surface area contributed by atoms with Gasteiger partial charge in [-0.25, -0.2) is 9.67 Å². The first-order valence-corrected chi connectivity index (χ1v) is 10.2. The number of nitrogens with zero attached hydrogens (tertiary/aromatic N) is 5. The maximum absolute atomic E-state index is 13.3. The molecule has 0 saturated heterocycles. The van der Waals surface area contributed by atoms with E-state index in [1.807, 2.05) is 25.1 Å². The van der Waals surface area contributed by atoms with E-state index in [1.54, 1.807) is 17.1 Å². The van der Waals surface area contributed by atoms with E-state index in [2.05, 4.69) is 10.1 Å². The molecule has 1 aliphatic heterocycles. The number of pyridine rings is 1. The number of fused-ring (bicyclic) bond motifs is 1. The number of carbonyl (C=O) groups is 1. The van der Waals surface area contributed by atoms with Crippen molar-refractivity contribution < 1.29 is 22.7 Å². The van der Waals surface area contributed by atoms with E-state index in [-0.39, 0.29) is 35.0 Å². The first kappa shape index (κ1) is 22.6. The quantitative estimate of drug-likeness (QED) is 0.551. The van der Waals surface area contributed by atoms with Gasteiger partial charge in [-0.15, -0.1) is 0 Å². The Morgan fingerprint density at radius 3 is 2.70 bits per heavy atom. The number of nitriles is 1. The van der Waals surface area contributed by atoms with Crippen LogP contribution in [0.2, 0.25) is 5.02 Å². The Bertz CT molecular complexity index is 1260. The van der Waals surface area contributed by atoms with Gasteiger partial charge in [-0.2, -0.15) is 23.5 Å². The van der Waals surface area contributed by atoms with Crippen LogP contribution in [0.1, 0.15) is 39.7 Å². The second-order valence-electron chi connectivity index (χ2n) is 7.56. The predicted octanol–water partition coefficient (Wildman–Crippen LogP) is 4.59. The predicted molar refractivity (Wildman–Crippen MR) is 112 cm³/mol. The van der Waals surface area contributed by atoms with Crippen LogP contribution >= 0.6 is 11.6 Å². The van der Waals surface area contributed by atoms with Gasteiger partial charge in [0, 0.05) is 24.5 Å². The van der Waals surface area contributed by atoms with Crippen molar-refractivity contribution in [3.8, 4) is 17.6 Å². The standard InChI is InChI=1S/C22H17ClF3N5O2/c1-12-4-3-7-28-20(12)31-10-15-9-30(11-16(15)29-31)21(32)18-17(33-13(2)22(24,25)26)6-5-14(8-27)19(18)23/h3-7,10,13H,9,11H2,1-2H3/t13-/m0/s1. The maximum Gasteiger partial charge on any atom is 0.425 e. The first-order valence-electron chi connectivity index (χ1n) is 9.84. The SMILES string of the molecule is Cc1cccnc1-n1cc2c(n1)CN(C(=O)c1c(O[C@@H](C)C(F)(F)F)ccc(C#N)c1Cl)C2. The molecular formula is C22H17ClF3N5O2. The van der Waals surface area contributed by atoms with Gasteiger partial charge in [-0.1, -0.05) is 17.7 Å². The molecule has 1 aliphatic rings. The molecule has 4 rings (SSSR count). The number of hydrogen-bond donors (Lipinski definition) is 0. The van der Waals surface area contributed by atoms with Crippen LogP contribution in [0, 0.1) is 18.3 Å². The molecule has 0 saturated carbocycles. The van der Waals surface area contributed by atoms with Gasteiger partial charge in [0.05, 0.1) is 22.8 Å². The number of carbonyl (C=O) groups excluding carboxylic acids is 1. The van der Waals surface area contributed by atoms with Crippen LogP contribution in [0.25, 0.3) is 5.82 Å². The summed E-state index contributed by atoms with van der Waals surface area (Å²) < 4.78 is 45.8. The third kappa shape index (κ3) is 4.24. The minimum atomic E-state index is -4.64. The van der Waals surface area contributed by atoms with Gasteiger partial charge in [0.25, 0.3) is 5.91 Å². The maximum atomic E-state index is 13.3. The summed E-state index contributed by atoms with van der Waals surface area (Å²) in [6.45, 7) is 3.02. The Hall–Kier alpha value is -3.58. The molecule has 170 valence electrons. The zero-order valence-electron chi connectivity index (χ0n) is 17.5. The molecule has 3 aromatic rings. The van der Waals surface area contributed by atoms with Crippen molar-refractivity contribution in [1.82, 2.24) is 19.7 Å². The number of benzene rings is 1. The van der Waals surface area contributed by atoms with Crippen molar-refractivity contribution in [3.05, 3.63) is 69.6 Å². The van der Waals surface area contributed by atoms with Gasteiger partial charge in [0.15, 0.2) is 11.9 Å². The molecule has 1 aromatic carbocycles. The molecule has 0 radical (unpaired) electrons. The summed E-state index contributed by atoms with van der Waals surface area (Å²) >= 11 is 6.23. The second-order valence-corrected chi connectivity index (χ2v) is 7.94. The number of hydrogen-bond acceptors (Lipinski definition) is 5. The van der Waals surface area contributed by atoms with Crippen molar-refractivity contribution in [2.45, 2.75) is 39.2 Å². The van der Waals surface area contributed by atoms with Gasteiger partial charge < -0.3 is 9.64 Å².